The van der Waals surface area contributed by atoms with Gasteiger partial charge < -0.3 is 20.3 Å². The number of amides is 2. The molecule has 0 atom stereocenters. The van der Waals surface area contributed by atoms with Crippen LogP contribution in [-0.2, 0) is 0 Å². The Kier molecular flexibility index (Phi) is 6.63. The van der Waals surface area contributed by atoms with Gasteiger partial charge in [-0.3, -0.25) is 0 Å². The van der Waals surface area contributed by atoms with Gasteiger partial charge in [-0.15, -0.1) is 0 Å². The minimum absolute atomic E-state index is 0.240. The highest BCUT2D eigenvalue weighted by Crippen LogP contribution is 2.24. The van der Waals surface area contributed by atoms with E-state index in [0.717, 1.165) is 25.9 Å². The minimum atomic E-state index is -0.240. The molecule has 0 aliphatic carbocycles. The van der Waals surface area contributed by atoms with Crippen molar-refractivity contribution in [1.82, 2.24) is 15.3 Å². The van der Waals surface area contributed by atoms with E-state index in [4.69, 9.17) is 4.74 Å². The molecule has 0 bridgehead atoms. The Morgan fingerprint density at radius 3 is 2.79 bits per heavy atom. The number of rotatable bonds is 6. The van der Waals surface area contributed by atoms with Crippen LogP contribution < -0.4 is 20.3 Å². The van der Waals surface area contributed by atoms with Gasteiger partial charge in [0.1, 0.15) is 11.8 Å². The predicted octanol–water partition coefficient (Wildman–Crippen LogP) is 2.79. The Balaban J connectivity index is 1.47. The van der Waals surface area contributed by atoms with Crippen molar-refractivity contribution in [2.45, 2.75) is 19.8 Å². The van der Waals surface area contributed by atoms with Gasteiger partial charge in [-0.2, -0.15) is 5.26 Å². The first-order valence-electron chi connectivity index (χ1n) is 9.44. The maximum Gasteiger partial charge on any atom is 0.319 e. The van der Waals surface area contributed by atoms with Gasteiger partial charge >= 0.3 is 6.03 Å². The van der Waals surface area contributed by atoms with E-state index in [1.807, 2.05) is 31.2 Å². The lowest BCUT2D eigenvalue weighted by molar-refractivity contribution is 0.248. The molecule has 1 fully saturated rings. The second-order valence-electron chi connectivity index (χ2n) is 6.53. The molecule has 0 spiro atoms. The molecule has 0 unspecified atom stereocenters. The highest BCUT2D eigenvalue weighted by atomic mass is 16.5. The number of hydrogen-bond acceptors (Lipinski definition) is 6. The Labute approximate surface area is 164 Å². The van der Waals surface area contributed by atoms with Crippen molar-refractivity contribution in [2.75, 3.05) is 36.5 Å². The number of hydrogen-bond donors (Lipinski definition) is 2. The van der Waals surface area contributed by atoms with Crippen molar-refractivity contribution < 1.29 is 9.53 Å². The molecule has 8 heteroatoms. The SMILES string of the molecule is CCOc1ccccc1NC(=O)NCC1CCN(c2nccnc2C#N)CC1. The van der Waals surface area contributed by atoms with Crippen LogP contribution in [-0.4, -0.2) is 42.2 Å². The average molecular weight is 380 g/mol. The lowest BCUT2D eigenvalue weighted by Crippen LogP contribution is -2.40. The van der Waals surface area contributed by atoms with Gasteiger partial charge in [-0.1, -0.05) is 12.1 Å². The summed E-state index contributed by atoms with van der Waals surface area (Å²) >= 11 is 0. The fourth-order valence-corrected chi connectivity index (χ4v) is 3.24. The van der Waals surface area contributed by atoms with E-state index in [1.165, 1.54) is 6.20 Å². The standard InChI is InChI=1S/C20H24N6O2/c1-2-28-18-6-4-3-5-16(18)25-20(27)24-14-15-7-11-26(12-8-15)19-17(13-21)22-9-10-23-19/h3-6,9-10,15H,2,7-8,11-12,14H2,1H3,(H2,24,25,27). The lowest BCUT2D eigenvalue weighted by atomic mass is 9.97. The normalized spacial score (nSPS) is 14.2. The second-order valence-corrected chi connectivity index (χ2v) is 6.53. The molecule has 0 radical (unpaired) electrons. The number of carbonyl (C=O) groups is 1. The fourth-order valence-electron chi connectivity index (χ4n) is 3.24. The third kappa shape index (κ3) is 4.88. The number of para-hydroxylation sites is 2. The number of nitrogens with one attached hydrogen (secondary N) is 2. The monoisotopic (exact) mass is 380 g/mol. The third-order valence-corrected chi connectivity index (χ3v) is 4.69. The zero-order chi connectivity index (χ0) is 19.8. The first-order valence-corrected chi connectivity index (χ1v) is 9.44. The van der Waals surface area contributed by atoms with Crippen molar-refractivity contribution >= 4 is 17.5 Å². The molecule has 0 saturated carbocycles. The molecule has 28 heavy (non-hydrogen) atoms. The Morgan fingerprint density at radius 2 is 2.04 bits per heavy atom. The minimum Gasteiger partial charge on any atom is -0.492 e. The number of aromatic nitrogens is 2. The number of nitriles is 1. The van der Waals surface area contributed by atoms with Crippen LogP contribution in [0.2, 0.25) is 0 Å². The summed E-state index contributed by atoms with van der Waals surface area (Å²) in [7, 11) is 0. The summed E-state index contributed by atoms with van der Waals surface area (Å²) in [5.41, 5.74) is 1.01. The number of nitrogens with zero attached hydrogens (tertiary/aromatic N) is 4. The molecule has 1 aromatic heterocycles. The van der Waals surface area contributed by atoms with E-state index in [0.29, 0.717) is 42.0 Å². The lowest BCUT2D eigenvalue weighted by Gasteiger charge is -2.32. The first-order chi connectivity index (χ1) is 13.7. The molecule has 2 aromatic rings. The van der Waals surface area contributed by atoms with Crippen LogP contribution in [0.25, 0.3) is 0 Å². The van der Waals surface area contributed by atoms with E-state index < -0.39 is 0 Å². The van der Waals surface area contributed by atoms with Crippen molar-refractivity contribution in [3.8, 4) is 11.8 Å². The highest BCUT2D eigenvalue weighted by molar-refractivity contribution is 5.90. The van der Waals surface area contributed by atoms with Gasteiger partial charge in [-0.25, -0.2) is 14.8 Å². The van der Waals surface area contributed by atoms with Crippen LogP contribution >= 0.6 is 0 Å². The van der Waals surface area contributed by atoms with E-state index in [1.54, 1.807) is 6.20 Å². The van der Waals surface area contributed by atoms with E-state index in [2.05, 4.69) is 31.6 Å². The largest absolute Gasteiger partial charge is 0.492 e. The number of urea groups is 1. The molecule has 2 amide bonds. The highest BCUT2D eigenvalue weighted by Gasteiger charge is 2.22. The number of benzene rings is 1. The number of piperidine rings is 1. The molecular formula is C20H24N6O2. The summed E-state index contributed by atoms with van der Waals surface area (Å²) in [5, 5.41) is 15.0. The van der Waals surface area contributed by atoms with Crippen molar-refractivity contribution in [3.05, 3.63) is 42.4 Å². The summed E-state index contributed by atoms with van der Waals surface area (Å²) in [4.78, 5) is 22.7. The molecule has 2 N–H and O–H groups in total. The molecule has 1 saturated heterocycles. The van der Waals surface area contributed by atoms with Gasteiger partial charge in [0.15, 0.2) is 11.5 Å². The van der Waals surface area contributed by atoms with Crippen LogP contribution in [0.4, 0.5) is 16.3 Å². The number of carbonyl (C=O) groups excluding carboxylic acids is 1. The summed E-state index contributed by atoms with van der Waals surface area (Å²) in [5.74, 6) is 1.68. The average Bonchev–Trinajstić information content (AvgIpc) is 2.74. The number of ether oxygens (including phenoxy) is 1. The van der Waals surface area contributed by atoms with E-state index in [-0.39, 0.29) is 6.03 Å². The van der Waals surface area contributed by atoms with Crippen molar-refractivity contribution in [1.29, 1.82) is 5.26 Å². The summed E-state index contributed by atoms with van der Waals surface area (Å²) in [6, 6.07) is 9.22. The molecule has 2 heterocycles. The van der Waals surface area contributed by atoms with Gasteiger partial charge in [0.25, 0.3) is 0 Å². The zero-order valence-electron chi connectivity index (χ0n) is 15.9. The molecule has 1 aliphatic rings. The summed E-state index contributed by atoms with van der Waals surface area (Å²) in [6.45, 7) is 4.62. The molecular weight excluding hydrogens is 356 g/mol. The molecule has 1 aliphatic heterocycles. The third-order valence-electron chi connectivity index (χ3n) is 4.69. The van der Waals surface area contributed by atoms with E-state index >= 15 is 0 Å². The fraction of sp³-hybridized carbons (Fsp3) is 0.400. The Hall–Kier alpha value is -3.34. The van der Waals surface area contributed by atoms with Crippen LogP contribution in [0.5, 0.6) is 5.75 Å². The molecule has 3 rings (SSSR count). The number of anilines is 2. The topological polar surface area (TPSA) is 103 Å². The van der Waals surface area contributed by atoms with Crippen molar-refractivity contribution in [2.24, 2.45) is 5.92 Å². The smallest absolute Gasteiger partial charge is 0.319 e. The van der Waals surface area contributed by atoms with Crippen molar-refractivity contribution in [3.63, 3.8) is 0 Å². The summed E-state index contributed by atoms with van der Waals surface area (Å²) < 4.78 is 5.52. The van der Waals surface area contributed by atoms with Gasteiger partial charge in [0.05, 0.1) is 12.3 Å². The second kappa shape index (κ2) is 9.55. The molecule has 146 valence electrons. The van der Waals surface area contributed by atoms with Gasteiger partial charge in [0, 0.05) is 32.0 Å². The van der Waals surface area contributed by atoms with Crippen LogP contribution in [0, 0.1) is 17.2 Å². The Morgan fingerprint density at radius 1 is 1.29 bits per heavy atom. The zero-order valence-corrected chi connectivity index (χ0v) is 15.9. The van der Waals surface area contributed by atoms with E-state index in [9.17, 15) is 10.1 Å². The Bertz CT molecular complexity index is 843. The maximum atomic E-state index is 12.2. The van der Waals surface area contributed by atoms with Gasteiger partial charge in [-0.05, 0) is 37.8 Å². The first kappa shape index (κ1) is 19.4. The van der Waals surface area contributed by atoms with Crippen LogP contribution in [0.15, 0.2) is 36.7 Å². The maximum absolute atomic E-state index is 12.2. The summed E-state index contributed by atoms with van der Waals surface area (Å²) in [6.07, 6.45) is 4.96. The van der Waals surface area contributed by atoms with Crippen LogP contribution in [0.3, 0.4) is 0 Å². The molecule has 1 aromatic carbocycles. The van der Waals surface area contributed by atoms with Gasteiger partial charge in [0.2, 0.25) is 0 Å². The van der Waals surface area contributed by atoms with Crippen LogP contribution in [0.1, 0.15) is 25.5 Å². The quantitative estimate of drug-likeness (QED) is 0.799. The molecule has 8 nitrogen and oxygen atoms in total. The predicted molar refractivity (Wildman–Crippen MR) is 106 cm³/mol.